The van der Waals surface area contributed by atoms with Crippen molar-refractivity contribution in [3.8, 4) is 0 Å². The third-order valence-electron chi connectivity index (χ3n) is 2.55. The van der Waals surface area contributed by atoms with E-state index in [9.17, 15) is 8.42 Å². The molecule has 0 saturated heterocycles. The van der Waals surface area contributed by atoms with Crippen LogP contribution in [0.2, 0.25) is 10.0 Å². The molecule has 0 bridgehead atoms. The number of halogens is 2. The minimum absolute atomic E-state index is 0.0379. The van der Waals surface area contributed by atoms with Gasteiger partial charge in [0.05, 0.1) is 21.4 Å². The van der Waals surface area contributed by atoms with Gasteiger partial charge in [-0.15, -0.1) is 0 Å². The fourth-order valence-electron chi connectivity index (χ4n) is 1.73. The predicted molar refractivity (Wildman–Crippen MR) is 79.6 cm³/mol. The van der Waals surface area contributed by atoms with Crippen molar-refractivity contribution in [2.24, 2.45) is 7.05 Å². The van der Waals surface area contributed by atoms with Gasteiger partial charge in [-0.3, -0.25) is 9.40 Å². The molecule has 2 rings (SSSR count). The monoisotopic (exact) mass is 334 g/mol. The first-order chi connectivity index (χ1) is 9.20. The molecule has 0 saturated carbocycles. The van der Waals surface area contributed by atoms with E-state index in [1.165, 1.54) is 16.8 Å². The lowest BCUT2D eigenvalue weighted by atomic mass is 10.3. The third kappa shape index (κ3) is 2.84. The molecule has 0 radical (unpaired) electrons. The van der Waals surface area contributed by atoms with Crippen molar-refractivity contribution in [2.75, 3.05) is 10.5 Å². The summed E-state index contributed by atoms with van der Waals surface area (Å²) in [6.07, 6.45) is 1.55. The second-order valence-electron chi connectivity index (χ2n) is 4.22. The molecule has 1 heterocycles. The average molecular weight is 335 g/mol. The Labute approximate surface area is 126 Å². The fraction of sp³-hybridized carbons (Fsp3) is 0.182. The van der Waals surface area contributed by atoms with Gasteiger partial charge in [-0.2, -0.15) is 5.10 Å². The van der Waals surface area contributed by atoms with Gasteiger partial charge in [-0.25, -0.2) is 8.42 Å². The highest BCUT2D eigenvalue weighted by atomic mass is 35.5. The molecule has 0 spiro atoms. The van der Waals surface area contributed by atoms with Gasteiger partial charge in [0.1, 0.15) is 4.90 Å². The molecule has 108 valence electrons. The smallest absolute Gasteiger partial charge is 0.264 e. The maximum Gasteiger partial charge on any atom is 0.264 e. The van der Waals surface area contributed by atoms with Gasteiger partial charge >= 0.3 is 0 Å². The Balaban J connectivity index is 2.49. The second kappa shape index (κ2) is 5.16. The van der Waals surface area contributed by atoms with Crippen LogP contribution >= 0.6 is 23.2 Å². The Morgan fingerprint density at radius 3 is 2.30 bits per heavy atom. The largest absolute Gasteiger partial charge is 0.399 e. The van der Waals surface area contributed by atoms with Crippen molar-refractivity contribution in [3.05, 3.63) is 34.1 Å². The normalized spacial score (nSPS) is 11.6. The van der Waals surface area contributed by atoms with E-state index in [-0.39, 0.29) is 20.6 Å². The van der Waals surface area contributed by atoms with Gasteiger partial charge < -0.3 is 5.73 Å². The van der Waals surface area contributed by atoms with Crippen LogP contribution in [-0.2, 0) is 17.1 Å². The molecule has 0 aliphatic carbocycles. The number of benzene rings is 1. The SMILES string of the molecule is Cc1nn(C)cc1NS(=O)(=O)c1c(Cl)cc(N)cc1Cl. The summed E-state index contributed by atoms with van der Waals surface area (Å²) in [5.41, 5.74) is 6.74. The maximum atomic E-state index is 12.4. The van der Waals surface area contributed by atoms with Crippen molar-refractivity contribution < 1.29 is 8.42 Å². The summed E-state index contributed by atoms with van der Waals surface area (Å²) in [4.78, 5) is -0.210. The molecular formula is C11H12Cl2N4O2S. The summed E-state index contributed by atoms with van der Waals surface area (Å²) in [6.45, 7) is 1.68. The number of hydrogen-bond donors (Lipinski definition) is 2. The van der Waals surface area contributed by atoms with Gasteiger partial charge in [0, 0.05) is 18.9 Å². The number of aryl methyl sites for hydroxylation is 2. The van der Waals surface area contributed by atoms with Crippen LogP contribution in [0.3, 0.4) is 0 Å². The quantitative estimate of drug-likeness (QED) is 0.843. The topological polar surface area (TPSA) is 90.0 Å². The molecule has 1 aromatic heterocycles. The Morgan fingerprint density at radius 1 is 1.30 bits per heavy atom. The van der Waals surface area contributed by atoms with E-state index in [2.05, 4.69) is 9.82 Å². The predicted octanol–water partition coefficient (Wildman–Crippen LogP) is 2.42. The molecule has 3 N–H and O–H groups in total. The van der Waals surface area contributed by atoms with Gasteiger partial charge in [-0.1, -0.05) is 23.2 Å². The van der Waals surface area contributed by atoms with E-state index in [0.717, 1.165) is 0 Å². The number of hydrogen-bond acceptors (Lipinski definition) is 4. The summed E-state index contributed by atoms with van der Waals surface area (Å²) in [5.74, 6) is 0. The lowest BCUT2D eigenvalue weighted by molar-refractivity contribution is 0.601. The number of nitrogen functional groups attached to an aromatic ring is 1. The summed E-state index contributed by atoms with van der Waals surface area (Å²) in [5, 5.41) is 3.98. The molecular weight excluding hydrogens is 323 g/mol. The molecule has 0 amide bonds. The summed E-state index contributed by atoms with van der Waals surface area (Å²) < 4.78 is 28.6. The van der Waals surface area contributed by atoms with Crippen LogP contribution in [0.5, 0.6) is 0 Å². The molecule has 0 aliphatic heterocycles. The highest BCUT2D eigenvalue weighted by Crippen LogP contribution is 2.33. The number of rotatable bonds is 3. The van der Waals surface area contributed by atoms with E-state index in [4.69, 9.17) is 28.9 Å². The van der Waals surface area contributed by atoms with Crippen molar-refractivity contribution >= 4 is 44.6 Å². The maximum absolute atomic E-state index is 12.4. The summed E-state index contributed by atoms with van der Waals surface area (Å²) >= 11 is 11.9. The third-order valence-corrected chi connectivity index (χ3v) is 4.83. The molecule has 6 nitrogen and oxygen atoms in total. The zero-order valence-corrected chi connectivity index (χ0v) is 13.0. The standard InChI is InChI=1S/C11H12Cl2N4O2S/c1-6-10(5-17(2)15-6)16-20(18,19)11-8(12)3-7(14)4-9(11)13/h3-5,16H,14H2,1-2H3. The first-order valence-corrected chi connectivity index (χ1v) is 7.72. The van der Waals surface area contributed by atoms with E-state index in [1.807, 2.05) is 0 Å². The Morgan fingerprint density at radius 2 is 1.85 bits per heavy atom. The summed E-state index contributed by atoms with van der Waals surface area (Å²) in [6, 6.07) is 2.66. The van der Waals surface area contributed by atoms with Gasteiger partial charge in [-0.05, 0) is 19.1 Å². The molecule has 9 heteroatoms. The van der Waals surface area contributed by atoms with Gasteiger partial charge in [0.25, 0.3) is 10.0 Å². The van der Waals surface area contributed by atoms with Crippen LogP contribution in [0.4, 0.5) is 11.4 Å². The van der Waals surface area contributed by atoms with E-state index in [0.29, 0.717) is 11.4 Å². The molecule has 1 aromatic carbocycles. The van der Waals surface area contributed by atoms with Crippen molar-refractivity contribution in [3.63, 3.8) is 0 Å². The number of sulfonamides is 1. The van der Waals surface area contributed by atoms with Crippen molar-refractivity contribution in [2.45, 2.75) is 11.8 Å². The van der Waals surface area contributed by atoms with E-state index < -0.39 is 10.0 Å². The van der Waals surface area contributed by atoms with Crippen LogP contribution in [0, 0.1) is 6.92 Å². The Kier molecular flexibility index (Phi) is 3.86. The first-order valence-electron chi connectivity index (χ1n) is 5.48. The van der Waals surface area contributed by atoms with Crippen LogP contribution in [-0.4, -0.2) is 18.2 Å². The highest BCUT2D eigenvalue weighted by Gasteiger charge is 2.23. The molecule has 0 fully saturated rings. The van der Waals surface area contributed by atoms with Crippen LogP contribution in [0.1, 0.15) is 5.69 Å². The van der Waals surface area contributed by atoms with E-state index in [1.54, 1.807) is 20.2 Å². The minimum Gasteiger partial charge on any atom is -0.399 e. The fourth-order valence-corrected chi connectivity index (χ4v) is 4.07. The molecule has 0 aliphatic rings. The number of anilines is 2. The van der Waals surface area contributed by atoms with Crippen LogP contribution in [0.25, 0.3) is 0 Å². The Bertz CT molecular complexity index is 748. The van der Waals surface area contributed by atoms with Gasteiger partial charge in [0.15, 0.2) is 0 Å². The number of nitrogens with one attached hydrogen (secondary N) is 1. The van der Waals surface area contributed by atoms with Crippen molar-refractivity contribution in [1.29, 1.82) is 0 Å². The molecule has 2 aromatic rings. The molecule has 0 atom stereocenters. The lowest BCUT2D eigenvalue weighted by Gasteiger charge is -2.11. The van der Waals surface area contributed by atoms with Gasteiger partial charge in [0.2, 0.25) is 0 Å². The van der Waals surface area contributed by atoms with E-state index >= 15 is 0 Å². The number of nitrogens with zero attached hydrogens (tertiary/aromatic N) is 2. The first kappa shape index (κ1) is 15.0. The minimum atomic E-state index is -3.92. The lowest BCUT2D eigenvalue weighted by Crippen LogP contribution is -2.14. The number of nitrogens with two attached hydrogens (primary N) is 1. The zero-order chi connectivity index (χ0) is 15.1. The highest BCUT2D eigenvalue weighted by molar-refractivity contribution is 7.93. The van der Waals surface area contributed by atoms with Crippen LogP contribution < -0.4 is 10.5 Å². The van der Waals surface area contributed by atoms with Crippen LogP contribution in [0.15, 0.2) is 23.2 Å². The Hall–Kier alpha value is -1.44. The average Bonchev–Trinajstić information content (AvgIpc) is 2.53. The molecule has 0 unspecified atom stereocenters. The second-order valence-corrected chi connectivity index (χ2v) is 6.65. The van der Waals surface area contributed by atoms with Crippen molar-refractivity contribution in [1.82, 2.24) is 9.78 Å². The summed E-state index contributed by atoms with van der Waals surface area (Å²) in [7, 11) is -2.23. The molecule has 20 heavy (non-hydrogen) atoms. The number of aromatic nitrogens is 2. The zero-order valence-electron chi connectivity index (χ0n) is 10.7.